The fraction of sp³-hybridized carbons (Fsp3) is 0.538. The van der Waals surface area contributed by atoms with Gasteiger partial charge in [0.2, 0.25) is 0 Å². The van der Waals surface area contributed by atoms with E-state index in [4.69, 9.17) is 0 Å². The van der Waals surface area contributed by atoms with Gasteiger partial charge in [0.05, 0.1) is 4.47 Å². The Morgan fingerprint density at radius 3 is 3.00 bits per heavy atom. The maximum atomic E-state index is 13.4. The first kappa shape index (κ1) is 11.5. The summed E-state index contributed by atoms with van der Waals surface area (Å²) in [6, 6.07) is 6.41. The molecule has 17 heavy (non-hydrogen) atoms. The van der Waals surface area contributed by atoms with Gasteiger partial charge in [-0.15, -0.1) is 0 Å². The van der Waals surface area contributed by atoms with Gasteiger partial charge in [0.1, 0.15) is 5.82 Å². The highest BCUT2D eigenvalue weighted by atomic mass is 79.9. The van der Waals surface area contributed by atoms with E-state index in [1.807, 2.05) is 6.07 Å². The molecule has 4 heteroatoms. The molecule has 1 N–H and O–H groups in total. The average molecular weight is 299 g/mol. The highest BCUT2D eigenvalue weighted by Crippen LogP contribution is 2.30. The summed E-state index contributed by atoms with van der Waals surface area (Å²) in [5.74, 6) is -0.198. The van der Waals surface area contributed by atoms with Crippen LogP contribution in [0, 0.1) is 5.82 Å². The van der Waals surface area contributed by atoms with Crippen LogP contribution in [0.25, 0.3) is 0 Å². The van der Waals surface area contributed by atoms with Crippen LogP contribution < -0.4 is 5.32 Å². The Hall–Kier alpha value is -0.610. The molecule has 0 radical (unpaired) electrons. The molecule has 2 heterocycles. The molecule has 2 aliphatic rings. The third-order valence-electron chi connectivity index (χ3n) is 3.88. The van der Waals surface area contributed by atoms with Crippen molar-refractivity contribution in [2.24, 2.45) is 0 Å². The summed E-state index contributed by atoms with van der Waals surface area (Å²) in [4.78, 5) is 2.55. The van der Waals surface area contributed by atoms with E-state index >= 15 is 0 Å². The number of halogens is 2. The minimum Gasteiger partial charge on any atom is -0.381 e. The molecule has 2 nitrogen and oxygen atoms in total. The third-order valence-corrected chi connectivity index (χ3v) is 4.52. The van der Waals surface area contributed by atoms with Crippen LogP contribution in [0.4, 0.5) is 10.1 Å². The lowest BCUT2D eigenvalue weighted by Crippen LogP contribution is -2.33. The molecule has 0 aromatic heterocycles. The van der Waals surface area contributed by atoms with Crippen molar-refractivity contribution in [3.05, 3.63) is 28.5 Å². The van der Waals surface area contributed by atoms with Gasteiger partial charge in [0.25, 0.3) is 0 Å². The van der Waals surface area contributed by atoms with E-state index in [9.17, 15) is 4.39 Å². The molecule has 0 bridgehead atoms. The Bertz CT molecular complexity index is 424. The van der Waals surface area contributed by atoms with Gasteiger partial charge in [0.15, 0.2) is 0 Å². The number of nitrogens with one attached hydrogen (secondary N) is 1. The topological polar surface area (TPSA) is 15.3 Å². The van der Waals surface area contributed by atoms with Gasteiger partial charge in [0, 0.05) is 24.3 Å². The van der Waals surface area contributed by atoms with Gasteiger partial charge < -0.3 is 5.32 Å². The third kappa shape index (κ3) is 2.20. The van der Waals surface area contributed by atoms with E-state index in [1.54, 1.807) is 12.1 Å². The molecule has 2 unspecified atom stereocenters. The largest absolute Gasteiger partial charge is 0.381 e. The van der Waals surface area contributed by atoms with E-state index in [0.29, 0.717) is 16.6 Å². The van der Waals surface area contributed by atoms with E-state index in [0.717, 1.165) is 5.69 Å². The zero-order valence-electron chi connectivity index (χ0n) is 9.63. The number of anilines is 1. The van der Waals surface area contributed by atoms with Crippen LogP contribution in [0.15, 0.2) is 22.7 Å². The van der Waals surface area contributed by atoms with Crippen molar-refractivity contribution in [1.82, 2.24) is 4.90 Å². The van der Waals surface area contributed by atoms with Crippen LogP contribution in [0.2, 0.25) is 0 Å². The van der Waals surface area contributed by atoms with Crippen molar-refractivity contribution in [3.8, 4) is 0 Å². The summed E-state index contributed by atoms with van der Waals surface area (Å²) in [7, 11) is 0. The van der Waals surface area contributed by atoms with Crippen LogP contribution >= 0.6 is 15.9 Å². The monoisotopic (exact) mass is 298 g/mol. The molecule has 1 aromatic rings. The summed E-state index contributed by atoms with van der Waals surface area (Å²) < 4.78 is 13.9. The first-order valence-electron chi connectivity index (χ1n) is 6.20. The maximum Gasteiger partial charge on any atom is 0.139 e. The second-order valence-electron chi connectivity index (χ2n) is 4.91. The average Bonchev–Trinajstić information content (AvgIpc) is 2.88. The molecular weight excluding hydrogens is 283 g/mol. The maximum absolute atomic E-state index is 13.4. The lowest BCUT2D eigenvalue weighted by Gasteiger charge is -2.22. The number of nitrogens with zero attached hydrogens (tertiary/aromatic N) is 1. The SMILES string of the molecule is Fc1cc(NC2CCN3CCCC23)ccc1Br. The number of benzene rings is 1. The van der Waals surface area contributed by atoms with Crippen molar-refractivity contribution >= 4 is 21.6 Å². The molecular formula is C13H16BrFN2. The molecule has 2 saturated heterocycles. The first-order valence-corrected chi connectivity index (χ1v) is 6.99. The molecule has 3 rings (SSSR count). The standard InChI is InChI=1S/C13H16BrFN2/c14-10-4-3-9(8-11(10)15)16-12-5-7-17-6-1-2-13(12)17/h3-4,8,12-13,16H,1-2,5-7H2. The van der Waals surface area contributed by atoms with E-state index < -0.39 is 0 Å². The predicted molar refractivity (Wildman–Crippen MR) is 70.7 cm³/mol. The highest BCUT2D eigenvalue weighted by molar-refractivity contribution is 9.10. The van der Waals surface area contributed by atoms with E-state index in [1.165, 1.54) is 32.4 Å². The van der Waals surface area contributed by atoms with Gasteiger partial charge >= 0.3 is 0 Å². The first-order chi connectivity index (χ1) is 8.24. The smallest absolute Gasteiger partial charge is 0.139 e. The lowest BCUT2D eigenvalue weighted by atomic mass is 10.1. The molecule has 0 saturated carbocycles. The molecule has 0 aliphatic carbocycles. The molecule has 0 spiro atoms. The molecule has 0 amide bonds. The van der Waals surface area contributed by atoms with Crippen LogP contribution in [-0.2, 0) is 0 Å². The molecule has 2 atom stereocenters. The second-order valence-corrected chi connectivity index (χ2v) is 5.77. The summed E-state index contributed by atoms with van der Waals surface area (Å²) in [5, 5.41) is 3.48. The Morgan fingerprint density at radius 1 is 1.29 bits per heavy atom. The van der Waals surface area contributed by atoms with Crippen molar-refractivity contribution < 1.29 is 4.39 Å². The summed E-state index contributed by atoms with van der Waals surface area (Å²) >= 11 is 3.18. The number of hydrogen-bond acceptors (Lipinski definition) is 2. The van der Waals surface area contributed by atoms with Crippen molar-refractivity contribution in [2.45, 2.75) is 31.3 Å². The lowest BCUT2D eigenvalue weighted by molar-refractivity contribution is 0.318. The van der Waals surface area contributed by atoms with E-state index in [2.05, 4.69) is 26.1 Å². The summed E-state index contributed by atoms with van der Waals surface area (Å²) in [6.45, 7) is 2.42. The van der Waals surface area contributed by atoms with Gasteiger partial charge in [-0.25, -0.2) is 4.39 Å². The number of rotatable bonds is 2. The van der Waals surface area contributed by atoms with Crippen LogP contribution in [0.3, 0.4) is 0 Å². The van der Waals surface area contributed by atoms with Crippen LogP contribution in [0.1, 0.15) is 19.3 Å². The molecule has 2 aliphatic heterocycles. The Morgan fingerprint density at radius 2 is 2.18 bits per heavy atom. The minimum absolute atomic E-state index is 0.198. The summed E-state index contributed by atoms with van der Waals surface area (Å²) in [5.41, 5.74) is 0.893. The number of hydrogen-bond donors (Lipinski definition) is 1. The number of fused-ring (bicyclic) bond motifs is 1. The van der Waals surface area contributed by atoms with E-state index in [-0.39, 0.29) is 5.82 Å². The van der Waals surface area contributed by atoms with Crippen molar-refractivity contribution in [3.63, 3.8) is 0 Å². The van der Waals surface area contributed by atoms with Crippen molar-refractivity contribution in [2.75, 3.05) is 18.4 Å². The minimum atomic E-state index is -0.198. The Labute approximate surface area is 109 Å². The summed E-state index contributed by atoms with van der Waals surface area (Å²) in [6.07, 6.45) is 3.75. The quantitative estimate of drug-likeness (QED) is 0.902. The normalized spacial score (nSPS) is 28.4. The second kappa shape index (κ2) is 4.58. The fourth-order valence-electron chi connectivity index (χ4n) is 3.05. The Kier molecular flexibility index (Phi) is 3.09. The zero-order chi connectivity index (χ0) is 11.8. The van der Waals surface area contributed by atoms with Crippen LogP contribution in [0.5, 0.6) is 0 Å². The van der Waals surface area contributed by atoms with Gasteiger partial charge in [-0.2, -0.15) is 0 Å². The molecule has 92 valence electrons. The fourth-order valence-corrected chi connectivity index (χ4v) is 3.30. The van der Waals surface area contributed by atoms with Gasteiger partial charge in [-0.05, 0) is 59.9 Å². The predicted octanol–water partition coefficient (Wildman–Crippen LogP) is 3.24. The zero-order valence-corrected chi connectivity index (χ0v) is 11.2. The van der Waals surface area contributed by atoms with Crippen molar-refractivity contribution in [1.29, 1.82) is 0 Å². The molecule has 2 fully saturated rings. The van der Waals surface area contributed by atoms with Crippen LogP contribution in [-0.4, -0.2) is 30.1 Å². The van der Waals surface area contributed by atoms with Gasteiger partial charge in [-0.3, -0.25) is 4.90 Å². The Balaban J connectivity index is 1.72. The molecule has 1 aromatic carbocycles. The highest BCUT2D eigenvalue weighted by Gasteiger charge is 2.36. The van der Waals surface area contributed by atoms with Gasteiger partial charge in [-0.1, -0.05) is 0 Å².